The number of nitro groups is 1. The largest absolute Gasteiger partial charge is 0.385 e. The minimum absolute atomic E-state index is 0.00639. The molecule has 5 heteroatoms. The fraction of sp³-hybridized carbons (Fsp3) is 0.667. The van der Waals surface area contributed by atoms with Gasteiger partial charge >= 0.3 is 5.70 Å². The lowest BCUT2D eigenvalue weighted by atomic mass is 10.4. The fourth-order valence-electron chi connectivity index (χ4n) is 0.745. The maximum atomic E-state index is 10.5. The molecule has 0 aliphatic carbocycles. The third-order valence-electron chi connectivity index (χ3n) is 1.43. The molecule has 0 heterocycles. The lowest BCUT2D eigenvalue weighted by Crippen LogP contribution is -2.11. The Balaban J connectivity index is 4.14. The Bertz CT molecular complexity index is 224. The summed E-state index contributed by atoms with van der Waals surface area (Å²) in [4.78, 5) is 14.0. The Morgan fingerprint density at radius 1 is 1.50 bits per heavy atom. The van der Waals surface area contributed by atoms with Gasteiger partial charge in [-0.2, -0.15) is 0 Å². The van der Waals surface area contributed by atoms with Crippen LogP contribution in [0.2, 0.25) is 0 Å². The van der Waals surface area contributed by atoms with Crippen LogP contribution in [0, 0.1) is 10.1 Å². The highest BCUT2D eigenvalue weighted by molar-refractivity contribution is 5.75. The highest BCUT2D eigenvalue weighted by atomic mass is 16.6. The monoisotopic (exact) mass is 199 g/mol. The molecule has 0 aromatic heterocycles. The van der Waals surface area contributed by atoms with Crippen molar-refractivity contribution in [2.45, 2.75) is 26.7 Å². The standard InChI is InChI=1S/C9H17N3O2/c1-3-5-10-7-9(12(13)14)8-11-6-4-2/h7-8,10H,3-6H2,1-2H3/b9-7-,11-8?. The molecule has 0 unspecified atom stereocenters. The first-order valence-electron chi connectivity index (χ1n) is 4.80. The van der Waals surface area contributed by atoms with E-state index in [9.17, 15) is 10.1 Å². The zero-order valence-electron chi connectivity index (χ0n) is 8.69. The van der Waals surface area contributed by atoms with Gasteiger partial charge < -0.3 is 5.32 Å². The Morgan fingerprint density at radius 2 is 2.21 bits per heavy atom. The third kappa shape index (κ3) is 6.16. The van der Waals surface area contributed by atoms with Gasteiger partial charge in [0.25, 0.3) is 0 Å². The van der Waals surface area contributed by atoms with Crippen LogP contribution < -0.4 is 5.32 Å². The summed E-state index contributed by atoms with van der Waals surface area (Å²) < 4.78 is 0. The first-order valence-corrected chi connectivity index (χ1v) is 4.80. The molecule has 0 atom stereocenters. The predicted octanol–water partition coefficient (Wildman–Crippen LogP) is 1.58. The predicted molar refractivity (Wildman–Crippen MR) is 57.0 cm³/mol. The van der Waals surface area contributed by atoms with Crippen LogP contribution in [0.1, 0.15) is 26.7 Å². The minimum atomic E-state index is -0.443. The van der Waals surface area contributed by atoms with Gasteiger partial charge in [-0.05, 0) is 12.8 Å². The second-order valence-corrected chi connectivity index (χ2v) is 2.82. The molecule has 0 amide bonds. The van der Waals surface area contributed by atoms with Crippen LogP contribution >= 0.6 is 0 Å². The van der Waals surface area contributed by atoms with Crippen LogP contribution in [-0.2, 0) is 0 Å². The summed E-state index contributed by atoms with van der Waals surface area (Å²) in [6.45, 7) is 5.33. The summed E-state index contributed by atoms with van der Waals surface area (Å²) in [6.07, 6.45) is 4.52. The topological polar surface area (TPSA) is 67.5 Å². The average Bonchev–Trinajstić information content (AvgIpc) is 2.15. The van der Waals surface area contributed by atoms with Gasteiger partial charge in [0.1, 0.15) is 6.21 Å². The number of nitrogens with one attached hydrogen (secondary N) is 1. The van der Waals surface area contributed by atoms with Crippen molar-refractivity contribution in [3.8, 4) is 0 Å². The molecule has 0 radical (unpaired) electrons. The number of hydrogen-bond acceptors (Lipinski definition) is 4. The summed E-state index contributed by atoms with van der Waals surface area (Å²) in [5, 5.41) is 13.3. The maximum Gasteiger partial charge on any atom is 0.302 e. The summed E-state index contributed by atoms with van der Waals surface area (Å²) in [5.74, 6) is 0. The quantitative estimate of drug-likeness (QED) is 0.293. The Labute approximate surface area is 84.1 Å². The summed E-state index contributed by atoms with van der Waals surface area (Å²) >= 11 is 0. The number of nitrogens with zero attached hydrogens (tertiary/aromatic N) is 2. The summed E-state index contributed by atoms with van der Waals surface area (Å²) in [6, 6.07) is 0. The van der Waals surface area contributed by atoms with Crippen LogP contribution in [0.5, 0.6) is 0 Å². The van der Waals surface area contributed by atoms with E-state index in [2.05, 4.69) is 10.3 Å². The Morgan fingerprint density at radius 3 is 2.71 bits per heavy atom. The van der Waals surface area contributed by atoms with Crippen molar-refractivity contribution >= 4 is 6.21 Å². The van der Waals surface area contributed by atoms with E-state index in [1.54, 1.807) is 0 Å². The molecule has 0 rings (SSSR count). The molecule has 0 spiro atoms. The van der Waals surface area contributed by atoms with Crippen molar-refractivity contribution in [1.29, 1.82) is 0 Å². The van der Waals surface area contributed by atoms with E-state index in [0.717, 1.165) is 19.4 Å². The van der Waals surface area contributed by atoms with Crippen molar-refractivity contribution in [2.24, 2.45) is 4.99 Å². The van der Waals surface area contributed by atoms with Crippen LogP contribution in [0.3, 0.4) is 0 Å². The number of allylic oxidation sites excluding steroid dienone is 1. The van der Waals surface area contributed by atoms with E-state index in [4.69, 9.17) is 0 Å². The van der Waals surface area contributed by atoms with E-state index in [0.29, 0.717) is 6.54 Å². The summed E-state index contributed by atoms with van der Waals surface area (Å²) in [5.41, 5.74) is 0.00639. The van der Waals surface area contributed by atoms with E-state index in [1.165, 1.54) is 12.4 Å². The van der Waals surface area contributed by atoms with Gasteiger partial charge in [0, 0.05) is 13.1 Å². The molecular weight excluding hydrogens is 182 g/mol. The normalized spacial score (nSPS) is 12.0. The lowest BCUT2D eigenvalue weighted by molar-refractivity contribution is -0.414. The number of rotatable bonds is 7. The van der Waals surface area contributed by atoms with Gasteiger partial charge in [-0.1, -0.05) is 13.8 Å². The fourth-order valence-corrected chi connectivity index (χ4v) is 0.745. The van der Waals surface area contributed by atoms with E-state index < -0.39 is 4.92 Å². The molecule has 14 heavy (non-hydrogen) atoms. The van der Waals surface area contributed by atoms with Crippen molar-refractivity contribution < 1.29 is 4.92 Å². The van der Waals surface area contributed by atoms with Crippen molar-refractivity contribution in [3.63, 3.8) is 0 Å². The van der Waals surface area contributed by atoms with Gasteiger partial charge in [-0.15, -0.1) is 0 Å². The van der Waals surface area contributed by atoms with Crippen LogP contribution in [-0.4, -0.2) is 24.2 Å². The molecule has 0 saturated carbocycles. The number of hydrogen-bond donors (Lipinski definition) is 1. The van der Waals surface area contributed by atoms with Crippen LogP contribution in [0.25, 0.3) is 0 Å². The van der Waals surface area contributed by atoms with Gasteiger partial charge in [0.2, 0.25) is 0 Å². The lowest BCUT2D eigenvalue weighted by Gasteiger charge is -1.95. The SMILES string of the molecule is CCCN=C/C(=C/NCCC)[N+](=O)[O-]. The first kappa shape index (κ1) is 12.6. The molecule has 0 aromatic rings. The molecule has 5 nitrogen and oxygen atoms in total. The number of aliphatic imine (C=N–C) groups is 1. The van der Waals surface area contributed by atoms with Gasteiger partial charge in [0.05, 0.1) is 11.1 Å². The summed E-state index contributed by atoms with van der Waals surface area (Å²) in [7, 11) is 0. The zero-order valence-corrected chi connectivity index (χ0v) is 8.69. The second kappa shape index (κ2) is 8.22. The molecule has 0 bridgehead atoms. The zero-order chi connectivity index (χ0) is 10.8. The minimum Gasteiger partial charge on any atom is -0.385 e. The van der Waals surface area contributed by atoms with Crippen molar-refractivity contribution in [3.05, 3.63) is 22.0 Å². The third-order valence-corrected chi connectivity index (χ3v) is 1.43. The Kier molecular flexibility index (Phi) is 7.40. The maximum absolute atomic E-state index is 10.5. The van der Waals surface area contributed by atoms with E-state index >= 15 is 0 Å². The van der Waals surface area contributed by atoms with Crippen LogP contribution in [0.15, 0.2) is 16.9 Å². The first-order chi connectivity index (χ1) is 6.72. The molecule has 0 aliphatic rings. The molecule has 0 saturated heterocycles. The molecule has 0 aromatic carbocycles. The highest BCUT2D eigenvalue weighted by Crippen LogP contribution is 1.90. The smallest absolute Gasteiger partial charge is 0.302 e. The molecule has 1 N–H and O–H groups in total. The Hall–Kier alpha value is -1.39. The molecule has 0 fully saturated rings. The van der Waals surface area contributed by atoms with Crippen molar-refractivity contribution in [2.75, 3.05) is 13.1 Å². The second-order valence-electron chi connectivity index (χ2n) is 2.82. The highest BCUT2D eigenvalue weighted by Gasteiger charge is 2.04. The van der Waals surface area contributed by atoms with Gasteiger partial charge in [0.15, 0.2) is 0 Å². The van der Waals surface area contributed by atoms with Crippen molar-refractivity contribution in [1.82, 2.24) is 5.32 Å². The van der Waals surface area contributed by atoms with E-state index in [-0.39, 0.29) is 5.70 Å². The van der Waals surface area contributed by atoms with Gasteiger partial charge in [-0.25, -0.2) is 0 Å². The molecular formula is C9H17N3O2. The van der Waals surface area contributed by atoms with Gasteiger partial charge in [-0.3, -0.25) is 15.1 Å². The van der Waals surface area contributed by atoms with E-state index in [1.807, 2.05) is 13.8 Å². The average molecular weight is 199 g/mol. The molecule has 0 aliphatic heterocycles. The van der Waals surface area contributed by atoms with Crippen LogP contribution in [0.4, 0.5) is 0 Å². The molecule has 80 valence electrons.